The molecule has 8 heteroatoms. The van der Waals surface area contributed by atoms with Crippen molar-refractivity contribution >= 4 is 10.0 Å². The Balaban J connectivity index is 1.81. The van der Waals surface area contributed by atoms with Crippen LogP contribution in [0.4, 0.5) is 0 Å². The predicted molar refractivity (Wildman–Crippen MR) is 82.6 cm³/mol. The summed E-state index contributed by atoms with van der Waals surface area (Å²) in [5, 5.41) is 6.94. The molecule has 2 aromatic rings. The minimum atomic E-state index is -3.11. The number of aryl methyl sites for hydroxylation is 1. The Kier molecular flexibility index (Phi) is 3.96. The average molecular weight is 321 g/mol. The molecule has 0 aromatic carbocycles. The average Bonchev–Trinajstić information content (AvgIpc) is 3.08. The van der Waals surface area contributed by atoms with Crippen LogP contribution in [0.15, 0.2) is 18.6 Å². The third kappa shape index (κ3) is 3.02. The lowest BCUT2D eigenvalue weighted by atomic mass is 9.99. The number of nitrogens with one attached hydrogen (secondary N) is 1. The number of rotatable bonds is 4. The Morgan fingerprint density at radius 1 is 1.36 bits per heavy atom. The lowest BCUT2D eigenvalue weighted by molar-refractivity contribution is 0.459. The lowest BCUT2D eigenvalue weighted by Crippen LogP contribution is -2.27. The molecule has 3 rings (SSSR count). The molecule has 7 nitrogen and oxygen atoms in total. The highest BCUT2D eigenvalue weighted by atomic mass is 32.2. The minimum absolute atomic E-state index is 0.275. The number of hydrogen-bond acceptors (Lipinski definition) is 5. The normalized spacial score (nSPS) is 19.6. The first-order valence-electron chi connectivity index (χ1n) is 7.20. The molecule has 0 radical (unpaired) electrons. The van der Waals surface area contributed by atoms with Crippen molar-refractivity contribution in [1.29, 1.82) is 0 Å². The second-order valence-corrected chi connectivity index (χ2v) is 7.72. The fourth-order valence-electron chi connectivity index (χ4n) is 2.87. The van der Waals surface area contributed by atoms with Crippen molar-refractivity contribution in [2.24, 2.45) is 5.92 Å². The SMILES string of the molecule is Cc1[nH]ncc1-c1nccnc1C[C@H]1CCN(S(C)(=O)=O)C1. The van der Waals surface area contributed by atoms with E-state index in [1.165, 1.54) is 10.6 Å². The Labute approximate surface area is 129 Å². The molecule has 1 fully saturated rings. The molecule has 1 N–H and O–H groups in total. The van der Waals surface area contributed by atoms with Gasteiger partial charge < -0.3 is 0 Å². The van der Waals surface area contributed by atoms with Crippen LogP contribution in [-0.2, 0) is 16.4 Å². The monoisotopic (exact) mass is 321 g/mol. The molecule has 22 heavy (non-hydrogen) atoms. The van der Waals surface area contributed by atoms with E-state index in [9.17, 15) is 8.42 Å². The van der Waals surface area contributed by atoms with Gasteiger partial charge >= 0.3 is 0 Å². The zero-order valence-electron chi connectivity index (χ0n) is 12.7. The van der Waals surface area contributed by atoms with Crippen molar-refractivity contribution in [3.05, 3.63) is 30.0 Å². The minimum Gasteiger partial charge on any atom is -0.282 e. The van der Waals surface area contributed by atoms with E-state index in [2.05, 4.69) is 20.2 Å². The van der Waals surface area contributed by atoms with Crippen molar-refractivity contribution < 1.29 is 8.42 Å². The smallest absolute Gasteiger partial charge is 0.211 e. The molecule has 1 aliphatic rings. The van der Waals surface area contributed by atoms with Gasteiger partial charge in [0.05, 0.1) is 23.8 Å². The van der Waals surface area contributed by atoms with E-state index in [4.69, 9.17) is 0 Å². The van der Waals surface area contributed by atoms with Crippen LogP contribution in [-0.4, -0.2) is 52.2 Å². The highest BCUT2D eigenvalue weighted by Crippen LogP contribution is 2.27. The molecular weight excluding hydrogens is 302 g/mol. The van der Waals surface area contributed by atoms with Gasteiger partial charge in [0.1, 0.15) is 0 Å². The Bertz CT molecular complexity index is 771. The molecule has 0 saturated carbocycles. The summed E-state index contributed by atoms with van der Waals surface area (Å²) in [6.07, 6.45) is 7.94. The maximum absolute atomic E-state index is 11.6. The van der Waals surface area contributed by atoms with Gasteiger partial charge in [-0.15, -0.1) is 0 Å². The molecule has 1 atom stereocenters. The van der Waals surface area contributed by atoms with Gasteiger partial charge in [0.25, 0.3) is 0 Å². The largest absolute Gasteiger partial charge is 0.282 e. The number of hydrogen-bond donors (Lipinski definition) is 1. The summed E-state index contributed by atoms with van der Waals surface area (Å²) < 4.78 is 24.8. The van der Waals surface area contributed by atoms with Crippen molar-refractivity contribution in [1.82, 2.24) is 24.5 Å². The van der Waals surface area contributed by atoms with Crippen LogP contribution in [0.5, 0.6) is 0 Å². The number of aromatic amines is 1. The van der Waals surface area contributed by atoms with Gasteiger partial charge in [-0.25, -0.2) is 12.7 Å². The topological polar surface area (TPSA) is 91.8 Å². The van der Waals surface area contributed by atoms with Crippen molar-refractivity contribution in [2.45, 2.75) is 19.8 Å². The van der Waals surface area contributed by atoms with Crippen LogP contribution >= 0.6 is 0 Å². The van der Waals surface area contributed by atoms with E-state index in [0.29, 0.717) is 13.1 Å². The maximum Gasteiger partial charge on any atom is 0.211 e. The number of aromatic nitrogens is 4. The summed E-state index contributed by atoms with van der Waals surface area (Å²) >= 11 is 0. The lowest BCUT2D eigenvalue weighted by Gasteiger charge is -2.14. The zero-order chi connectivity index (χ0) is 15.7. The van der Waals surface area contributed by atoms with Crippen LogP contribution in [0.25, 0.3) is 11.3 Å². The van der Waals surface area contributed by atoms with Crippen molar-refractivity contribution in [2.75, 3.05) is 19.3 Å². The van der Waals surface area contributed by atoms with E-state index in [1.807, 2.05) is 6.92 Å². The van der Waals surface area contributed by atoms with Crippen LogP contribution in [0.2, 0.25) is 0 Å². The van der Waals surface area contributed by atoms with E-state index >= 15 is 0 Å². The first-order chi connectivity index (χ1) is 10.4. The van der Waals surface area contributed by atoms with Crippen LogP contribution in [0, 0.1) is 12.8 Å². The third-order valence-corrected chi connectivity index (χ3v) is 5.33. The summed E-state index contributed by atoms with van der Waals surface area (Å²) in [4.78, 5) is 8.89. The maximum atomic E-state index is 11.6. The fourth-order valence-corrected chi connectivity index (χ4v) is 3.79. The van der Waals surface area contributed by atoms with E-state index in [-0.39, 0.29) is 5.92 Å². The molecule has 0 aliphatic carbocycles. The molecule has 1 saturated heterocycles. The highest BCUT2D eigenvalue weighted by Gasteiger charge is 2.29. The predicted octanol–water partition coefficient (Wildman–Crippen LogP) is 0.999. The molecule has 2 aromatic heterocycles. The van der Waals surface area contributed by atoms with Gasteiger partial charge in [-0.05, 0) is 25.7 Å². The molecular formula is C14H19N5O2S. The van der Waals surface area contributed by atoms with Crippen molar-refractivity contribution in [3.63, 3.8) is 0 Å². The summed E-state index contributed by atoms with van der Waals surface area (Å²) in [6.45, 7) is 3.09. The van der Waals surface area contributed by atoms with Crippen molar-refractivity contribution in [3.8, 4) is 11.3 Å². The van der Waals surface area contributed by atoms with Crippen LogP contribution < -0.4 is 0 Å². The Morgan fingerprint density at radius 3 is 2.77 bits per heavy atom. The van der Waals surface area contributed by atoms with Crippen LogP contribution in [0.1, 0.15) is 17.8 Å². The second kappa shape index (κ2) is 5.77. The van der Waals surface area contributed by atoms with Gasteiger partial charge in [0.15, 0.2) is 0 Å². The summed E-state index contributed by atoms with van der Waals surface area (Å²) in [5.74, 6) is 0.275. The number of nitrogens with zero attached hydrogens (tertiary/aromatic N) is 4. The summed E-state index contributed by atoms with van der Waals surface area (Å²) in [7, 11) is -3.11. The van der Waals surface area contributed by atoms with Gasteiger partial charge in [-0.1, -0.05) is 0 Å². The molecule has 1 aliphatic heterocycles. The quantitative estimate of drug-likeness (QED) is 0.907. The molecule has 118 valence electrons. The summed E-state index contributed by atoms with van der Waals surface area (Å²) in [5.41, 5.74) is 3.62. The summed E-state index contributed by atoms with van der Waals surface area (Å²) in [6, 6.07) is 0. The van der Waals surface area contributed by atoms with Crippen LogP contribution in [0.3, 0.4) is 0 Å². The number of H-pyrrole nitrogens is 1. The zero-order valence-corrected chi connectivity index (χ0v) is 13.5. The fraction of sp³-hybridized carbons (Fsp3) is 0.500. The molecule has 0 amide bonds. The number of sulfonamides is 1. The van der Waals surface area contributed by atoms with E-state index in [0.717, 1.165) is 35.5 Å². The van der Waals surface area contributed by atoms with Gasteiger partial charge in [0.2, 0.25) is 10.0 Å². The highest BCUT2D eigenvalue weighted by molar-refractivity contribution is 7.88. The van der Waals surface area contributed by atoms with Gasteiger partial charge in [-0.2, -0.15) is 5.10 Å². The molecule has 3 heterocycles. The first-order valence-corrected chi connectivity index (χ1v) is 9.05. The standard InChI is InChI=1S/C14H19N5O2S/c1-10-12(8-17-18-10)14-13(15-4-5-16-14)7-11-3-6-19(9-11)22(2,20)21/h4-5,8,11H,3,6-7,9H2,1-2H3,(H,17,18)/t11-/m1/s1. The molecule has 0 bridgehead atoms. The van der Waals surface area contributed by atoms with Gasteiger partial charge in [-0.3, -0.25) is 15.1 Å². The van der Waals surface area contributed by atoms with Gasteiger partial charge in [0, 0.05) is 36.7 Å². The Hall–Kier alpha value is -1.80. The third-order valence-electron chi connectivity index (χ3n) is 4.06. The first kappa shape index (κ1) is 15.1. The Morgan fingerprint density at radius 2 is 2.14 bits per heavy atom. The van der Waals surface area contributed by atoms with E-state index in [1.54, 1.807) is 18.6 Å². The van der Waals surface area contributed by atoms with E-state index < -0.39 is 10.0 Å². The second-order valence-electron chi connectivity index (χ2n) is 5.74. The molecule has 0 unspecified atom stereocenters. The molecule has 0 spiro atoms.